The van der Waals surface area contributed by atoms with Crippen LogP contribution in [0.3, 0.4) is 0 Å². The monoisotopic (exact) mass is 264 g/mol. The quantitative estimate of drug-likeness (QED) is 0.821. The number of pyridine rings is 1. The Morgan fingerprint density at radius 3 is 2.53 bits per heavy atom. The van der Waals surface area contributed by atoms with Gasteiger partial charge in [0.25, 0.3) is 0 Å². The first-order valence-electron chi connectivity index (χ1n) is 6.35. The zero-order chi connectivity index (χ0) is 14.4. The van der Waals surface area contributed by atoms with E-state index in [1.54, 1.807) is 31.5 Å². The molecule has 0 aliphatic carbocycles. The van der Waals surface area contributed by atoms with Crippen LogP contribution < -0.4 is 5.32 Å². The summed E-state index contributed by atoms with van der Waals surface area (Å²) in [5.74, 6) is -1.50. The van der Waals surface area contributed by atoms with Crippen molar-refractivity contribution < 1.29 is 14.7 Å². The van der Waals surface area contributed by atoms with Crippen LogP contribution in [0.25, 0.3) is 0 Å². The van der Waals surface area contributed by atoms with Crippen LogP contribution in [0.1, 0.15) is 38.7 Å². The molecule has 1 heterocycles. The van der Waals surface area contributed by atoms with Crippen LogP contribution in [0.15, 0.2) is 24.5 Å². The second kappa shape index (κ2) is 6.87. The molecule has 0 radical (unpaired) electrons. The van der Waals surface area contributed by atoms with Gasteiger partial charge in [0.2, 0.25) is 5.91 Å². The Hall–Kier alpha value is -1.91. The summed E-state index contributed by atoms with van der Waals surface area (Å²) in [5, 5.41) is 11.7. The van der Waals surface area contributed by atoms with Gasteiger partial charge in [0.1, 0.15) is 6.04 Å². The standard InChI is InChI=1S/C14H20N2O3/c1-9(2)7-12(14(18)19)16-13(17)10(3)11-5-4-6-15-8-11/h4-6,8-10,12H,7H2,1-3H3,(H,16,17)(H,18,19)/t10?,12-/m0/s1. The fraction of sp³-hybridized carbons (Fsp3) is 0.500. The van der Waals surface area contributed by atoms with Crippen LogP contribution in [0.5, 0.6) is 0 Å². The second-order valence-corrected chi connectivity index (χ2v) is 5.04. The van der Waals surface area contributed by atoms with Crippen LogP contribution in [-0.2, 0) is 9.59 Å². The predicted molar refractivity (Wildman–Crippen MR) is 71.7 cm³/mol. The van der Waals surface area contributed by atoms with Crippen molar-refractivity contribution in [1.29, 1.82) is 0 Å². The normalized spacial score (nSPS) is 13.9. The molecule has 104 valence electrons. The van der Waals surface area contributed by atoms with E-state index in [0.717, 1.165) is 5.56 Å². The molecule has 1 rings (SSSR count). The number of rotatable bonds is 6. The third-order valence-corrected chi connectivity index (χ3v) is 2.90. The van der Waals surface area contributed by atoms with E-state index in [1.165, 1.54) is 0 Å². The van der Waals surface area contributed by atoms with Crippen LogP contribution in [0, 0.1) is 5.92 Å². The number of carbonyl (C=O) groups excluding carboxylic acids is 1. The van der Waals surface area contributed by atoms with E-state index < -0.39 is 17.9 Å². The minimum atomic E-state index is -1.000. The number of carbonyl (C=O) groups is 2. The van der Waals surface area contributed by atoms with Gasteiger partial charge in [-0.05, 0) is 30.9 Å². The molecule has 1 aromatic rings. The zero-order valence-electron chi connectivity index (χ0n) is 11.5. The summed E-state index contributed by atoms with van der Waals surface area (Å²) >= 11 is 0. The third kappa shape index (κ3) is 4.69. The smallest absolute Gasteiger partial charge is 0.326 e. The summed E-state index contributed by atoms with van der Waals surface area (Å²) in [6.45, 7) is 5.58. The van der Waals surface area contributed by atoms with Gasteiger partial charge in [-0.15, -0.1) is 0 Å². The average molecular weight is 264 g/mol. The molecule has 0 aliphatic heterocycles. The summed E-state index contributed by atoms with van der Waals surface area (Å²) in [6, 6.07) is 2.71. The summed E-state index contributed by atoms with van der Waals surface area (Å²) in [7, 11) is 0. The molecule has 5 nitrogen and oxygen atoms in total. The maximum atomic E-state index is 12.0. The predicted octanol–water partition coefficient (Wildman–Crippen LogP) is 1.80. The minimum Gasteiger partial charge on any atom is -0.480 e. The SMILES string of the molecule is CC(C)C[C@H](NC(=O)C(C)c1cccnc1)C(=O)O. The summed E-state index contributed by atoms with van der Waals surface area (Å²) < 4.78 is 0. The van der Waals surface area contributed by atoms with Crippen molar-refractivity contribution in [2.24, 2.45) is 5.92 Å². The highest BCUT2D eigenvalue weighted by Gasteiger charge is 2.24. The Labute approximate surface area is 113 Å². The Morgan fingerprint density at radius 1 is 1.37 bits per heavy atom. The van der Waals surface area contributed by atoms with E-state index in [0.29, 0.717) is 6.42 Å². The molecule has 0 aromatic carbocycles. The highest BCUT2D eigenvalue weighted by Crippen LogP contribution is 2.14. The van der Waals surface area contributed by atoms with Crippen molar-refractivity contribution in [2.75, 3.05) is 0 Å². The number of nitrogens with one attached hydrogen (secondary N) is 1. The molecule has 0 fully saturated rings. The number of carboxylic acid groups (broad SMARTS) is 1. The van der Waals surface area contributed by atoms with E-state index in [1.807, 2.05) is 13.8 Å². The van der Waals surface area contributed by atoms with Crippen molar-refractivity contribution >= 4 is 11.9 Å². The van der Waals surface area contributed by atoms with Crippen molar-refractivity contribution in [2.45, 2.75) is 39.2 Å². The molecule has 0 saturated heterocycles. The highest BCUT2D eigenvalue weighted by molar-refractivity contribution is 5.87. The Bertz CT molecular complexity index is 432. The lowest BCUT2D eigenvalue weighted by atomic mass is 10.00. The summed E-state index contributed by atoms with van der Waals surface area (Å²) in [5.41, 5.74) is 0.772. The Kier molecular flexibility index (Phi) is 5.48. The van der Waals surface area contributed by atoms with E-state index in [2.05, 4.69) is 10.3 Å². The van der Waals surface area contributed by atoms with Gasteiger partial charge in [0, 0.05) is 12.4 Å². The number of aliphatic carboxylic acids is 1. The van der Waals surface area contributed by atoms with Crippen LogP contribution >= 0.6 is 0 Å². The van der Waals surface area contributed by atoms with Crippen molar-refractivity contribution in [1.82, 2.24) is 10.3 Å². The van der Waals surface area contributed by atoms with Gasteiger partial charge in [-0.25, -0.2) is 4.79 Å². The first-order valence-corrected chi connectivity index (χ1v) is 6.35. The molecule has 2 atom stereocenters. The van der Waals surface area contributed by atoms with Gasteiger partial charge >= 0.3 is 5.97 Å². The maximum Gasteiger partial charge on any atom is 0.326 e. The molecule has 5 heteroatoms. The van der Waals surface area contributed by atoms with E-state index in [9.17, 15) is 9.59 Å². The fourth-order valence-corrected chi connectivity index (χ4v) is 1.77. The zero-order valence-corrected chi connectivity index (χ0v) is 11.5. The van der Waals surface area contributed by atoms with Crippen LogP contribution in [0.4, 0.5) is 0 Å². The molecule has 1 aromatic heterocycles. The van der Waals surface area contributed by atoms with Gasteiger partial charge in [0.05, 0.1) is 5.92 Å². The van der Waals surface area contributed by atoms with Gasteiger partial charge < -0.3 is 10.4 Å². The lowest BCUT2D eigenvalue weighted by Crippen LogP contribution is -2.43. The second-order valence-electron chi connectivity index (χ2n) is 5.04. The molecular formula is C14H20N2O3. The number of nitrogens with zero attached hydrogens (tertiary/aromatic N) is 1. The van der Waals surface area contributed by atoms with Gasteiger partial charge in [0.15, 0.2) is 0 Å². The molecule has 19 heavy (non-hydrogen) atoms. The first kappa shape index (κ1) is 15.1. The largest absolute Gasteiger partial charge is 0.480 e. The first-order chi connectivity index (χ1) is 8.91. The molecular weight excluding hydrogens is 244 g/mol. The van der Waals surface area contributed by atoms with Crippen molar-refractivity contribution in [3.05, 3.63) is 30.1 Å². The molecule has 0 bridgehead atoms. The lowest BCUT2D eigenvalue weighted by Gasteiger charge is -2.19. The topological polar surface area (TPSA) is 79.3 Å². The average Bonchev–Trinajstić information content (AvgIpc) is 2.37. The number of carboxylic acids is 1. The number of hydrogen-bond acceptors (Lipinski definition) is 3. The molecule has 1 amide bonds. The van der Waals surface area contributed by atoms with Gasteiger partial charge in [-0.3, -0.25) is 9.78 Å². The van der Waals surface area contributed by atoms with E-state index in [4.69, 9.17) is 5.11 Å². The van der Waals surface area contributed by atoms with E-state index >= 15 is 0 Å². The van der Waals surface area contributed by atoms with Crippen LogP contribution in [0.2, 0.25) is 0 Å². The fourth-order valence-electron chi connectivity index (χ4n) is 1.77. The number of aromatic nitrogens is 1. The number of hydrogen-bond donors (Lipinski definition) is 2. The molecule has 0 aliphatic rings. The molecule has 1 unspecified atom stereocenters. The van der Waals surface area contributed by atoms with Gasteiger partial charge in [-0.1, -0.05) is 19.9 Å². The summed E-state index contributed by atoms with van der Waals surface area (Å²) in [6.07, 6.45) is 3.66. The van der Waals surface area contributed by atoms with Gasteiger partial charge in [-0.2, -0.15) is 0 Å². The third-order valence-electron chi connectivity index (χ3n) is 2.90. The van der Waals surface area contributed by atoms with Crippen molar-refractivity contribution in [3.8, 4) is 0 Å². The summed E-state index contributed by atoms with van der Waals surface area (Å²) in [4.78, 5) is 27.1. The maximum absolute atomic E-state index is 12.0. The Morgan fingerprint density at radius 2 is 2.05 bits per heavy atom. The molecule has 0 spiro atoms. The molecule has 2 N–H and O–H groups in total. The highest BCUT2D eigenvalue weighted by atomic mass is 16.4. The lowest BCUT2D eigenvalue weighted by molar-refractivity contribution is -0.142. The van der Waals surface area contributed by atoms with E-state index in [-0.39, 0.29) is 11.8 Å². The molecule has 0 saturated carbocycles. The minimum absolute atomic E-state index is 0.204. The Balaban J connectivity index is 2.69. The number of amides is 1. The van der Waals surface area contributed by atoms with Crippen molar-refractivity contribution in [3.63, 3.8) is 0 Å². The van der Waals surface area contributed by atoms with Crippen LogP contribution in [-0.4, -0.2) is 28.0 Å².